The molecule has 0 aromatic heterocycles. The highest BCUT2D eigenvalue weighted by Crippen LogP contribution is 2.38. The number of rotatable bonds is 4. The van der Waals surface area contributed by atoms with Crippen molar-refractivity contribution in [3.05, 3.63) is 30.3 Å². The van der Waals surface area contributed by atoms with Gasteiger partial charge in [-0.1, -0.05) is 18.2 Å². The Kier molecular flexibility index (Phi) is 3.63. The molecule has 0 amide bonds. The van der Waals surface area contributed by atoms with Gasteiger partial charge in [-0.25, -0.2) is 0 Å². The molecule has 0 aliphatic heterocycles. The van der Waals surface area contributed by atoms with Gasteiger partial charge in [-0.3, -0.25) is 10.4 Å². The smallest absolute Gasteiger partial charge is 0.312 e. The van der Waals surface area contributed by atoms with E-state index in [1.165, 1.54) is 0 Å². The van der Waals surface area contributed by atoms with Gasteiger partial charge in [-0.2, -0.15) is 5.20 Å². The third kappa shape index (κ3) is 2.39. The van der Waals surface area contributed by atoms with Crippen LogP contribution in [0.3, 0.4) is 0 Å². The highest BCUT2D eigenvalue weighted by atomic mass is 31.2. The molecular weight excluding hydrogens is 187 g/mol. The normalized spacial score (nSPS) is 15.2. The Morgan fingerprint density at radius 1 is 1.46 bits per heavy atom. The summed E-state index contributed by atoms with van der Waals surface area (Å²) in [6, 6.07) is 8.86. The van der Waals surface area contributed by atoms with Crippen LogP contribution in [0.1, 0.15) is 6.92 Å². The van der Waals surface area contributed by atoms with E-state index in [1.807, 2.05) is 6.07 Å². The molecule has 0 fully saturated rings. The summed E-state index contributed by atoms with van der Waals surface area (Å²) in [5.74, 6) is 5.19. The van der Waals surface area contributed by atoms with Crippen LogP contribution in [0, 0.1) is 0 Å². The summed E-state index contributed by atoms with van der Waals surface area (Å²) in [4.78, 5) is 0. The Morgan fingerprint density at radius 3 is 2.54 bits per heavy atom. The zero-order chi connectivity index (χ0) is 9.73. The fraction of sp³-hybridized carbons (Fsp3) is 0.250. The maximum Gasteiger partial charge on any atom is 0.312 e. The van der Waals surface area contributed by atoms with Gasteiger partial charge in [0.2, 0.25) is 0 Å². The summed E-state index contributed by atoms with van der Waals surface area (Å²) < 4.78 is 17.0. The molecule has 0 bridgehead atoms. The Labute approximate surface area is 77.6 Å². The van der Waals surface area contributed by atoms with Crippen molar-refractivity contribution in [2.45, 2.75) is 6.92 Å². The zero-order valence-electron chi connectivity index (χ0n) is 7.43. The predicted molar refractivity (Wildman–Crippen MR) is 52.6 cm³/mol. The van der Waals surface area contributed by atoms with Crippen molar-refractivity contribution >= 4 is 12.8 Å². The first-order chi connectivity index (χ1) is 6.23. The van der Waals surface area contributed by atoms with E-state index in [4.69, 9.17) is 10.4 Å². The van der Waals surface area contributed by atoms with Gasteiger partial charge < -0.3 is 4.52 Å². The van der Waals surface area contributed by atoms with Crippen LogP contribution >= 0.6 is 7.52 Å². The molecule has 0 radical (unpaired) electrons. The van der Waals surface area contributed by atoms with E-state index in [-0.39, 0.29) is 0 Å². The van der Waals surface area contributed by atoms with Crippen molar-refractivity contribution < 1.29 is 9.09 Å². The zero-order valence-corrected chi connectivity index (χ0v) is 8.33. The van der Waals surface area contributed by atoms with Crippen LogP contribution in [0.2, 0.25) is 0 Å². The molecule has 1 atom stereocenters. The SMILES string of the molecule is CCOP(=O)(NN)c1ccccc1. The molecule has 1 aromatic carbocycles. The Morgan fingerprint density at radius 2 is 2.08 bits per heavy atom. The quantitative estimate of drug-likeness (QED) is 0.432. The fourth-order valence-electron chi connectivity index (χ4n) is 0.992. The lowest BCUT2D eigenvalue weighted by atomic mass is 10.4. The molecule has 0 saturated heterocycles. The summed E-state index contributed by atoms with van der Waals surface area (Å²) in [5, 5.41) is 2.81. The number of nitrogens with two attached hydrogens (primary N) is 1. The summed E-state index contributed by atoms with van der Waals surface area (Å²) in [5.41, 5.74) is 0. The molecule has 4 nitrogen and oxygen atoms in total. The maximum atomic E-state index is 11.9. The van der Waals surface area contributed by atoms with Crippen LogP contribution in [-0.2, 0) is 9.09 Å². The molecule has 5 heteroatoms. The topological polar surface area (TPSA) is 64.3 Å². The van der Waals surface area contributed by atoms with Gasteiger partial charge in [0, 0.05) is 0 Å². The fourth-order valence-corrected chi connectivity index (χ4v) is 2.29. The summed E-state index contributed by atoms with van der Waals surface area (Å²) in [7, 11) is -3.02. The number of hydrogen-bond acceptors (Lipinski definition) is 3. The van der Waals surface area contributed by atoms with Gasteiger partial charge >= 0.3 is 7.52 Å². The second-order valence-electron chi connectivity index (χ2n) is 2.43. The van der Waals surface area contributed by atoms with Crippen LogP contribution in [0.5, 0.6) is 0 Å². The van der Waals surface area contributed by atoms with Crippen LogP contribution in [-0.4, -0.2) is 6.61 Å². The van der Waals surface area contributed by atoms with Gasteiger partial charge in [0.25, 0.3) is 0 Å². The summed E-state index contributed by atoms with van der Waals surface area (Å²) in [6.45, 7) is 2.13. The van der Waals surface area contributed by atoms with Crippen LogP contribution < -0.4 is 16.3 Å². The van der Waals surface area contributed by atoms with Crippen molar-refractivity contribution in [1.29, 1.82) is 0 Å². The minimum Gasteiger partial charge on any atom is -0.314 e. The van der Waals surface area contributed by atoms with Gasteiger partial charge in [0.05, 0.1) is 11.9 Å². The standard InChI is InChI=1S/C8H13N2O2P/c1-2-12-13(11,10-9)8-6-4-3-5-7-8/h3-7H,2,9H2,1H3,(H,10,11). The van der Waals surface area contributed by atoms with E-state index >= 15 is 0 Å². The first-order valence-electron chi connectivity index (χ1n) is 4.01. The summed E-state index contributed by atoms with van der Waals surface area (Å²) >= 11 is 0. The van der Waals surface area contributed by atoms with E-state index in [9.17, 15) is 4.57 Å². The predicted octanol–water partition coefficient (Wildman–Crippen LogP) is 1.00. The summed E-state index contributed by atoms with van der Waals surface area (Å²) in [6.07, 6.45) is 0. The molecule has 1 unspecified atom stereocenters. The van der Waals surface area contributed by atoms with Crippen LogP contribution in [0.25, 0.3) is 0 Å². The van der Waals surface area contributed by atoms with E-state index in [0.29, 0.717) is 11.9 Å². The third-order valence-corrected chi connectivity index (χ3v) is 3.52. The van der Waals surface area contributed by atoms with Crippen LogP contribution in [0.4, 0.5) is 0 Å². The molecular formula is C8H13N2O2P. The number of hydrogen-bond donors (Lipinski definition) is 2. The van der Waals surface area contributed by atoms with Crippen molar-refractivity contribution in [3.8, 4) is 0 Å². The van der Waals surface area contributed by atoms with Crippen LogP contribution in [0.15, 0.2) is 30.3 Å². The average Bonchev–Trinajstić information content (AvgIpc) is 2.19. The van der Waals surface area contributed by atoms with Crippen molar-refractivity contribution in [2.24, 2.45) is 5.84 Å². The molecule has 3 N–H and O–H groups in total. The lowest BCUT2D eigenvalue weighted by molar-refractivity contribution is 0.333. The average molecular weight is 200 g/mol. The molecule has 72 valence electrons. The largest absolute Gasteiger partial charge is 0.314 e. The molecule has 0 spiro atoms. The van der Waals surface area contributed by atoms with Crippen molar-refractivity contribution in [3.63, 3.8) is 0 Å². The molecule has 0 heterocycles. The van der Waals surface area contributed by atoms with Gasteiger partial charge in [-0.15, -0.1) is 0 Å². The van der Waals surface area contributed by atoms with E-state index in [2.05, 4.69) is 5.20 Å². The van der Waals surface area contributed by atoms with Gasteiger partial charge in [0.1, 0.15) is 0 Å². The van der Waals surface area contributed by atoms with Gasteiger partial charge in [0.15, 0.2) is 0 Å². The van der Waals surface area contributed by atoms with Gasteiger partial charge in [-0.05, 0) is 19.1 Å². The van der Waals surface area contributed by atoms with E-state index in [1.54, 1.807) is 31.2 Å². The lowest BCUT2D eigenvalue weighted by Crippen LogP contribution is -2.26. The van der Waals surface area contributed by atoms with Crippen molar-refractivity contribution in [2.75, 3.05) is 6.61 Å². The Balaban J connectivity index is 2.96. The Hall–Kier alpha value is -0.670. The molecule has 13 heavy (non-hydrogen) atoms. The van der Waals surface area contributed by atoms with E-state index < -0.39 is 7.52 Å². The highest BCUT2D eigenvalue weighted by Gasteiger charge is 2.22. The molecule has 1 aromatic rings. The molecule has 0 aliphatic rings. The molecule has 0 aliphatic carbocycles. The molecule has 0 saturated carbocycles. The minimum atomic E-state index is -3.02. The number of benzene rings is 1. The lowest BCUT2D eigenvalue weighted by Gasteiger charge is -2.15. The molecule has 1 rings (SSSR count). The second kappa shape index (κ2) is 4.53. The monoisotopic (exact) mass is 200 g/mol. The first kappa shape index (κ1) is 10.4. The third-order valence-electron chi connectivity index (χ3n) is 1.58. The minimum absolute atomic E-state index is 0.358. The first-order valence-corrected chi connectivity index (χ1v) is 5.63. The maximum absolute atomic E-state index is 11.9. The highest BCUT2D eigenvalue weighted by molar-refractivity contribution is 7.64. The number of nitrogens with one attached hydrogen (secondary N) is 1. The van der Waals surface area contributed by atoms with Crippen molar-refractivity contribution in [1.82, 2.24) is 5.20 Å². The van der Waals surface area contributed by atoms with E-state index in [0.717, 1.165) is 0 Å². The second-order valence-corrected chi connectivity index (χ2v) is 4.57. The Bertz CT molecular complexity index is 302. The number of hydrazine groups is 1.